The van der Waals surface area contributed by atoms with E-state index in [0.29, 0.717) is 17.7 Å². The molecule has 150 valence electrons. The van der Waals surface area contributed by atoms with E-state index in [-0.39, 0.29) is 23.9 Å². The quantitative estimate of drug-likeness (QED) is 0.667. The number of benzene rings is 1. The van der Waals surface area contributed by atoms with Gasteiger partial charge in [-0.3, -0.25) is 4.79 Å². The van der Waals surface area contributed by atoms with E-state index in [4.69, 9.17) is 4.42 Å². The van der Waals surface area contributed by atoms with Gasteiger partial charge < -0.3 is 9.32 Å². The van der Waals surface area contributed by atoms with Crippen LogP contribution in [0.4, 0.5) is 8.78 Å². The van der Waals surface area contributed by atoms with Gasteiger partial charge in [0.15, 0.2) is 0 Å². The van der Waals surface area contributed by atoms with E-state index in [0.717, 1.165) is 31.2 Å². The number of carbonyl (C=O) groups excluding carboxylic acids is 1. The summed E-state index contributed by atoms with van der Waals surface area (Å²) in [7, 11) is 0. The minimum absolute atomic E-state index is 0.0208. The summed E-state index contributed by atoms with van der Waals surface area (Å²) in [5.41, 5.74) is 1.90. The van der Waals surface area contributed by atoms with Crippen molar-refractivity contribution in [1.29, 1.82) is 0 Å². The Bertz CT molecular complexity index is 1040. The average molecular weight is 400 g/mol. The highest BCUT2D eigenvalue weighted by atomic mass is 19.3. The summed E-state index contributed by atoms with van der Waals surface area (Å²) >= 11 is 0. The van der Waals surface area contributed by atoms with Crippen molar-refractivity contribution in [1.82, 2.24) is 30.1 Å². The third-order valence-electron chi connectivity index (χ3n) is 5.69. The van der Waals surface area contributed by atoms with E-state index >= 15 is 0 Å². The van der Waals surface area contributed by atoms with Gasteiger partial charge in [-0.2, -0.15) is 8.78 Å². The van der Waals surface area contributed by atoms with Crippen LogP contribution >= 0.6 is 0 Å². The van der Waals surface area contributed by atoms with E-state index in [9.17, 15) is 13.6 Å². The zero-order valence-corrected chi connectivity index (χ0v) is 15.4. The smallest absolute Gasteiger partial charge is 0.314 e. The third-order valence-corrected chi connectivity index (χ3v) is 5.69. The number of nitrogens with zero attached hydrogens (tertiary/aromatic N) is 6. The normalized spacial score (nSPS) is 21.8. The maximum Gasteiger partial charge on any atom is 0.314 e. The molecule has 0 radical (unpaired) electrons. The highest BCUT2D eigenvalue weighted by Gasteiger charge is 2.39. The Morgan fingerprint density at radius 3 is 2.69 bits per heavy atom. The van der Waals surface area contributed by atoms with Crippen LogP contribution in [0.25, 0.3) is 11.5 Å². The lowest BCUT2D eigenvalue weighted by Crippen LogP contribution is -2.43. The summed E-state index contributed by atoms with van der Waals surface area (Å²) < 4.78 is 32.3. The second-order valence-corrected chi connectivity index (χ2v) is 7.35. The van der Waals surface area contributed by atoms with Gasteiger partial charge in [-0.25, -0.2) is 4.68 Å². The molecular formula is C19H18F2N6O2. The molecule has 10 heteroatoms. The van der Waals surface area contributed by atoms with Gasteiger partial charge in [0.05, 0.1) is 18.3 Å². The predicted octanol–water partition coefficient (Wildman–Crippen LogP) is 3.41. The zero-order chi connectivity index (χ0) is 20.0. The van der Waals surface area contributed by atoms with Crippen molar-refractivity contribution in [3.05, 3.63) is 47.6 Å². The summed E-state index contributed by atoms with van der Waals surface area (Å²) in [6.07, 6.45) is 4.64. The molecule has 8 nitrogen and oxygen atoms in total. The van der Waals surface area contributed by atoms with Crippen LogP contribution in [0.5, 0.6) is 0 Å². The van der Waals surface area contributed by atoms with Gasteiger partial charge in [0.25, 0.3) is 11.8 Å². The van der Waals surface area contributed by atoms with Crippen LogP contribution in [0.1, 0.15) is 60.0 Å². The molecule has 1 aliphatic carbocycles. The number of hydrogen-bond donors (Lipinski definition) is 0. The van der Waals surface area contributed by atoms with Gasteiger partial charge in [-0.1, -0.05) is 24.1 Å². The first-order valence-electron chi connectivity index (χ1n) is 9.53. The van der Waals surface area contributed by atoms with Gasteiger partial charge in [0.1, 0.15) is 0 Å². The first-order chi connectivity index (χ1) is 14.1. The monoisotopic (exact) mass is 400 g/mol. The van der Waals surface area contributed by atoms with Crippen molar-refractivity contribution >= 4 is 5.91 Å². The van der Waals surface area contributed by atoms with Crippen molar-refractivity contribution in [2.45, 2.75) is 50.7 Å². The number of aromatic nitrogens is 5. The fourth-order valence-corrected chi connectivity index (χ4v) is 4.32. The average Bonchev–Trinajstić information content (AvgIpc) is 3.48. The minimum atomic E-state index is -2.83. The molecule has 2 aliphatic rings. The van der Waals surface area contributed by atoms with Gasteiger partial charge in [0, 0.05) is 23.9 Å². The van der Waals surface area contributed by atoms with Crippen LogP contribution in [0, 0.1) is 0 Å². The van der Waals surface area contributed by atoms with E-state index in [2.05, 4.69) is 20.5 Å². The third kappa shape index (κ3) is 3.08. The van der Waals surface area contributed by atoms with Crippen LogP contribution < -0.4 is 0 Å². The number of alkyl halides is 2. The van der Waals surface area contributed by atoms with Crippen molar-refractivity contribution in [2.24, 2.45) is 0 Å². The van der Waals surface area contributed by atoms with Gasteiger partial charge >= 0.3 is 6.43 Å². The molecule has 0 bridgehead atoms. The molecule has 0 N–H and O–H groups in total. The van der Waals surface area contributed by atoms with Crippen LogP contribution in [0.3, 0.4) is 0 Å². The number of rotatable bonds is 4. The minimum Gasteiger partial charge on any atom is -0.415 e. The molecule has 3 heterocycles. The van der Waals surface area contributed by atoms with Crippen LogP contribution in [-0.4, -0.2) is 42.0 Å². The van der Waals surface area contributed by atoms with Crippen molar-refractivity contribution < 1.29 is 18.0 Å². The topological polar surface area (TPSA) is 89.9 Å². The molecule has 29 heavy (non-hydrogen) atoms. The molecule has 0 unspecified atom stereocenters. The molecule has 0 spiro atoms. The Morgan fingerprint density at radius 2 is 1.97 bits per heavy atom. The standard InChI is InChI=1S/C19H18F2N6O2/c20-16(21)18-24-23-17(29-18)11-5-6-12-10-26(19(28)13(12)9-11)14-3-1-2-4-15(14)27-8-7-22-25-27/h5-9,14-16H,1-4,10H2/t14-,15-/m1/s1. The van der Waals surface area contributed by atoms with E-state index in [1.54, 1.807) is 18.3 Å². The molecule has 2 atom stereocenters. The van der Waals surface area contributed by atoms with Crippen LogP contribution in [0.2, 0.25) is 0 Å². The second kappa shape index (κ2) is 7.02. The summed E-state index contributed by atoms with van der Waals surface area (Å²) in [5, 5.41) is 15.1. The van der Waals surface area contributed by atoms with Crippen molar-refractivity contribution in [3.8, 4) is 11.5 Å². The fourth-order valence-electron chi connectivity index (χ4n) is 4.32. The Morgan fingerprint density at radius 1 is 1.14 bits per heavy atom. The van der Waals surface area contributed by atoms with Crippen LogP contribution in [0.15, 0.2) is 35.0 Å². The molecule has 0 saturated heterocycles. The highest BCUT2D eigenvalue weighted by Crippen LogP contribution is 2.37. The SMILES string of the molecule is O=C1c2cc(-c3nnc(C(F)F)o3)ccc2CN1[C@@H]1CCCC[C@H]1n1ccnn1. The Labute approximate surface area is 164 Å². The van der Waals surface area contributed by atoms with E-state index in [1.807, 2.05) is 21.8 Å². The molecule has 1 amide bonds. The molecule has 5 rings (SSSR count). The molecule has 3 aromatic rings. The first-order valence-corrected chi connectivity index (χ1v) is 9.53. The molecule has 1 aliphatic heterocycles. The largest absolute Gasteiger partial charge is 0.415 e. The van der Waals surface area contributed by atoms with E-state index in [1.165, 1.54) is 0 Å². The van der Waals surface area contributed by atoms with Gasteiger partial charge in [0.2, 0.25) is 5.89 Å². The van der Waals surface area contributed by atoms with Gasteiger partial charge in [-0.15, -0.1) is 15.3 Å². The molecule has 1 fully saturated rings. The summed E-state index contributed by atoms with van der Waals surface area (Å²) in [5.74, 6) is -0.827. The van der Waals surface area contributed by atoms with Crippen LogP contribution in [-0.2, 0) is 6.54 Å². The van der Waals surface area contributed by atoms with Gasteiger partial charge in [-0.05, 0) is 30.5 Å². The molecule has 1 saturated carbocycles. The number of hydrogen-bond acceptors (Lipinski definition) is 6. The summed E-state index contributed by atoms with van der Waals surface area (Å²) in [6, 6.07) is 5.31. The van der Waals surface area contributed by atoms with Crippen molar-refractivity contribution in [2.75, 3.05) is 0 Å². The molecule has 2 aromatic heterocycles. The fraction of sp³-hybridized carbons (Fsp3) is 0.421. The summed E-state index contributed by atoms with van der Waals surface area (Å²) in [6.45, 7) is 0.510. The Kier molecular flexibility index (Phi) is 4.33. The Hall–Kier alpha value is -3.17. The van der Waals surface area contributed by atoms with E-state index < -0.39 is 12.3 Å². The predicted molar refractivity (Wildman–Crippen MR) is 95.9 cm³/mol. The number of halogens is 2. The summed E-state index contributed by atoms with van der Waals surface area (Å²) in [4.78, 5) is 15.1. The maximum atomic E-state index is 13.2. The highest BCUT2D eigenvalue weighted by molar-refractivity contribution is 5.99. The Balaban J connectivity index is 1.43. The lowest BCUT2D eigenvalue weighted by atomic mass is 9.89. The maximum absolute atomic E-state index is 13.2. The molecular weight excluding hydrogens is 382 g/mol. The number of amides is 1. The number of carbonyl (C=O) groups is 1. The molecule has 1 aromatic carbocycles. The first kappa shape index (κ1) is 17.9. The lowest BCUT2D eigenvalue weighted by molar-refractivity contribution is 0.0556. The zero-order valence-electron chi connectivity index (χ0n) is 15.4. The van der Waals surface area contributed by atoms with Crippen molar-refractivity contribution in [3.63, 3.8) is 0 Å². The number of fused-ring (bicyclic) bond motifs is 1. The lowest BCUT2D eigenvalue weighted by Gasteiger charge is -2.37. The second-order valence-electron chi connectivity index (χ2n) is 7.35.